The normalized spacial score (nSPS) is 24.1. The topological polar surface area (TPSA) is 101 Å². The van der Waals surface area contributed by atoms with E-state index in [9.17, 15) is 13.2 Å². The van der Waals surface area contributed by atoms with Gasteiger partial charge in [-0.3, -0.25) is 4.79 Å². The van der Waals surface area contributed by atoms with Gasteiger partial charge in [0.2, 0.25) is 11.8 Å². The zero-order chi connectivity index (χ0) is 14.3. The van der Waals surface area contributed by atoms with Crippen molar-refractivity contribution in [1.29, 1.82) is 0 Å². The smallest absolute Gasteiger partial charge is 0.242 e. The number of carbonyl (C=O) groups is 1. The fourth-order valence-electron chi connectivity index (χ4n) is 2.58. The van der Waals surface area contributed by atoms with Crippen molar-refractivity contribution in [2.24, 2.45) is 0 Å². The predicted molar refractivity (Wildman–Crippen MR) is 71.6 cm³/mol. The average Bonchev–Trinajstić information content (AvgIpc) is 2.51. The fraction of sp³-hybridized carbons (Fsp3) is 0.545. The Balaban J connectivity index is 2.09. The first-order chi connectivity index (χ1) is 9.50. The molecule has 8 nitrogen and oxygen atoms in total. The van der Waals surface area contributed by atoms with Crippen molar-refractivity contribution >= 4 is 27.2 Å². The number of aromatic nitrogens is 2. The van der Waals surface area contributed by atoms with Gasteiger partial charge < -0.3 is 15.0 Å². The molecule has 9 heteroatoms. The molecule has 0 aromatic carbocycles. The molecule has 1 aromatic rings. The van der Waals surface area contributed by atoms with E-state index >= 15 is 0 Å². The molecule has 1 amide bonds. The summed E-state index contributed by atoms with van der Waals surface area (Å²) in [5, 5.41) is 2.70. The van der Waals surface area contributed by atoms with E-state index in [0.717, 1.165) is 0 Å². The Morgan fingerprint density at radius 2 is 2.25 bits per heavy atom. The van der Waals surface area contributed by atoms with Crippen molar-refractivity contribution in [2.75, 3.05) is 35.4 Å². The van der Waals surface area contributed by atoms with Gasteiger partial charge >= 0.3 is 0 Å². The highest BCUT2D eigenvalue weighted by molar-refractivity contribution is 7.91. The molecule has 0 radical (unpaired) electrons. The van der Waals surface area contributed by atoms with E-state index in [1.807, 2.05) is 4.90 Å². The second kappa shape index (κ2) is 4.58. The molecule has 20 heavy (non-hydrogen) atoms. The van der Waals surface area contributed by atoms with E-state index in [1.54, 1.807) is 0 Å². The third-order valence-electron chi connectivity index (χ3n) is 3.47. The lowest BCUT2D eigenvalue weighted by molar-refractivity contribution is -0.116. The predicted octanol–water partition coefficient (Wildman–Crippen LogP) is -0.569. The van der Waals surface area contributed by atoms with Crippen LogP contribution < -0.4 is 15.0 Å². The lowest BCUT2D eigenvalue weighted by Gasteiger charge is -2.34. The molecule has 1 aromatic heterocycles. The molecule has 2 aliphatic heterocycles. The van der Waals surface area contributed by atoms with Crippen LogP contribution in [0.1, 0.15) is 6.42 Å². The summed E-state index contributed by atoms with van der Waals surface area (Å²) < 4.78 is 28.6. The molecule has 1 saturated heterocycles. The number of fused-ring (bicyclic) bond motifs is 3. The van der Waals surface area contributed by atoms with Gasteiger partial charge in [0.15, 0.2) is 15.7 Å². The van der Waals surface area contributed by atoms with Gasteiger partial charge in [0, 0.05) is 13.0 Å². The number of sulfone groups is 1. The molecular formula is C11H14N4O4S. The minimum absolute atomic E-state index is 0.0355. The highest BCUT2D eigenvalue weighted by Crippen LogP contribution is 2.36. The second-order valence-electron chi connectivity index (χ2n) is 4.80. The van der Waals surface area contributed by atoms with Crippen LogP contribution in [0.2, 0.25) is 0 Å². The van der Waals surface area contributed by atoms with Gasteiger partial charge in [-0.2, -0.15) is 4.98 Å². The second-order valence-corrected chi connectivity index (χ2v) is 7.02. The van der Waals surface area contributed by atoms with Crippen molar-refractivity contribution in [3.8, 4) is 5.88 Å². The number of carbonyl (C=O) groups excluding carboxylic acids is 1. The zero-order valence-electron chi connectivity index (χ0n) is 10.9. The third kappa shape index (κ3) is 2.17. The maximum absolute atomic E-state index is 11.9. The quantitative estimate of drug-likeness (QED) is 0.741. The number of nitrogens with one attached hydrogen (secondary N) is 1. The molecule has 1 unspecified atom stereocenters. The van der Waals surface area contributed by atoms with Gasteiger partial charge in [-0.15, -0.1) is 0 Å². The van der Waals surface area contributed by atoms with Gasteiger partial charge in [0.25, 0.3) is 0 Å². The average molecular weight is 298 g/mol. The fourth-order valence-corrected chi connectivity index (χ4v) is 4.11. The van der Waals surface area contributed by atoms with Crippen molar-refractivity contribution in [2.45, 2.75) is 12.5 Å². The van der Waals surface area contributed by atoms with Crippen LogP contribution in [0.4, 0.5) is 11.5 Å². The van der Waals surface area contributed by atoms with E-state index < -0.39 is 15.9 Å². The number of hydrogen-bond donors (Lipinski definition) is 1. The van der Waals surface area contributed by atoms with Gasteiger partial charge in [-0.05, 0) is 0 Å². The Bertz CT molecular complexity index is 660. The number of nitrogens with zero attached hydrogens (tertiary/aromatic N) is 3. The summed E-state index contributed by atoms with van der Waals surface area (Å²) in [5.74, 6) is 0.555. The van der Waals surface area contributed by atoms with Crippen LogP contribution in [0.15, 0.2) is 6.33 Å². The molecule has 3 heterocycles. The van der Waals surface area contributed by atoms with Gasteiger partial charge in [0.05, 0.1) is 24.7 Å². The molecule has 0 saturated carbocycles. The van der Waals surface area contributed by atoms with Crippen LogP contribution in [-0.2, 0) is 14.6 Å². The zero-order valence-corrected chi connectivity index (χ0v) is 11.7. The van der Waals surface area contributed by atoms with Crippen molar-refractivity contribution in [3.63, 3.8) is 0 Å². The van der Waals surface area contributed by atoms with Crippen LogP contribution in [-0.4, -0.2) is 55.5 Å². The van der Waals surface area contributed by atoms with Crippen molar-refractivity contribution in [3.05, 3.63) is 6.33 Å². The number of anilines is 2. The van der Waals surface area contributed by atoms with Crippen LogP contribution in [0, 0.1) is 0 Å². The van der Waals surface area contributed by atoms with E-state index in [0.29, 0.717) is 18.1 Å². The highest BCUT2D eigenvalue weighted by Gasteiger charge is 2.37. The van der Waals surface area contributed by atoms with E-state index in [1.165, 1.54) is 13.4 Å². The number of methoxy groups -OCH3 is 1. The summed E-state index contributed by atoms with van der Waals surface area (Å²) in [5.41, 5.74) is 0.404. The maximum Gasteiger partial charge on any atom is 0.242 e. The first-order valence-electron chi connectivity index (χ1n) is 6.16. The summed E-state index contributed by atoms with van der Waals surface area (Å²) in [4.78, 5) is 21.9. The lowest BCUT2D eigenvalue weighted by atomic mass is 10.2. The van der Waals surface area contributed by atoms with E-state index in [-0.39, 0.29) is 29.7 Å². The molecule has 0 bridgehead atoms. The highest BCUT2D eigenvalue weighted by atomic mass is 32.2. The molecule has 3 rings (SSSR count). The lowest BCUT2D eigenvalue weighted by Crippen LogP contribution is -2.49. The third-order valence-corrected chi connectivity index (χ3v) is 5.17. The Hall–Kier alpha value is -1.90. The monoisotopic (exact) mass is 298 g/mol. The minimum Gasteiger partial charge on any atom is -0.479 e. The summed E-state index contributed by atoms with van der Waals surface area (Å²) in [6.45, 7) is 0.315. The van der Waals surface area contributed by atoms with E-state index in [4.69, 9.17) is 4.74 Å². The SMILES string of the molecule is COc1ncnc2c1NC(=O)CC1CS(=O)(=O)CCN21. The number of rotatable bonds is 1. The summed E-state index contributed by atoms with van der Waals surface area (Å²) in [7, 11) is -1.65. The van der Waals surface area contributed by atoms with Crippen molar-refractivity contribution < 1.29 is 17.9 Å². The first-order valence-corrected chi connectivity index (χ1v) is 7.98. The van der Waals surface area contributed by atoms with E-state index in [2.05, 4.69) is 15.3 Å². The minimum atomic E-state index is -3.11. The first kappa shape index (κ1) is 13.1. The number of amides is 1. The standard InChI is InChI=1S/C11H14N4O4S/c1-19-11-9-10(12-6-13-11)15-2-3-20(17,18)5-7(15)4-8(16)14-9/h6-7H,2-5H2,1H3,(H,14,16). The Kier molecular flexibility index (Phi) is 3.00. The molecule has 1 atom stereocenters. The molecular weight excluding hydrogens is 284 g/mol. The number of hydrogen-bond acceptors (Lipinski definition) is 7. The summed E-state index contributed by atoms with van der Waals surface area (Å²) in [6.07, 6.45) is 1.45. The summed E-state index contributed by atoms with van der Waals surface area (Å²) >= 11 is 0. The van der Waals surface area contributed by atoms with Crippen LogP contribution in [0.3, 0.4) is 0 Å². The molecule has 0 aliphatic carbocycles. The maximum atomic E-state index is 11.9. The van der Waals surface area contributed by atoms with Gasteiger partial charge in [0.1, 0.15) is 12.0 Å². The Labute approximate surface area is 116 Å². The van der Waals surface area contributed by atoms with Crippen LogP contribution in [0.5, 0.6) is 5.88 Å². The molecule has 1 fully saturated rings. The molecule has 0 spiro atoms. The van der Waals surface area contributed by atoms with Crippen molar-refractivity contribution in [1.82, 2.24) is 9.97 Å². The molecule has 2 aliphatic rings. The Morgan fingerprint density at radius 3 is 3.00 bits per heavy atom. The molecule has 1 N–H and O–H groups in total. The van der Waals surface area contributed by atoms with Gasteiger partial charge in [-0.25, -0.2) is 13.4 Å². The summed E-state index contributed by atoms with van der Waals surface area (Å²) in [6, 6.07) is -0.394. The Morgan fingerprint density at radius 1 is 1.45 bits per heavy atom. The van der Waals surface area contributed by atoms with Crippen LogP contribution in [0.25, 0.3) is 0 Å². The van der Waals surface area contributed by atoms with Gasteiger partial charge in [-0.1, -0.05) is 0 Å². The number of ether oxygens (including phenoxy) is 1. The van der Waals surface area contributed by atoms with Crippen LogP contribution >= 0.6 is 0 Å². The molecule has 108 valence electrons. The largest absolute Gasteiger partial charge is 0.479 e.